The first-order valence-corrected chi connectivity index (χ1v) is 5.39. The van der Waals surface area contributed by atoms with Crippen molar-refractivity contribution < 1.29 is 4.84 Å². The van der Waals surface area contributed by atoms with Crippen LogP contribution in [0.4, 0.5) is 0 Å². The van der Waals surface area contributed by atoms with Gasteiger partial charge in [0, 0.05) is 18.5 Å². The average molecular weight is 189 g/mol. The fourth-order valence-electron chi connectivity index (χ4n) is 2.63. The Morgan fingerprint density at radius 2 is 2.07 bits per heavy atom. The summed E-state index contributed by atoms with van der Waals surface area (Å²) in [5.74, 6) is 0.596. The Morgan fingerprint density at radius 1 is 1.21 bits per heavy atom. The van der Waals surface area contributed by atoms with E-state index in [1.165, 1.54) is 18.4 Å². The Balaban J connectivity index is 1.86. The van der Waals surface area contributed by atoms with E-state index in [9.17, 15) is 0 Å². The van der Waals surface area contributed by atoms with Crippen LogP contribution >= 0.6 is 0 Å². The molecule has 74 valence electrons. The van der Waals surface area contributed by atoms with Gasteiger partial charge in [0.15, 0.2) is 0 Å². The van der Waals surface area contributed by atoms with E-state index >= 15 is 0 Å². The Morgan fingerprint density at radius 3 is 2.93 bits per heavy atom. The smallest absolute Gasteiger partial charge is 0.0769 e. The summed E-state index contributed by atoms with van der Waals surface area (Å²) in [6.07, 6.45) is 2.58. The molecule has 0 unspecified atom stereocenters. The number of nitrogens with zero attached hydrogens (tertiary/aromatic N) is 1. The Labute approximate surface area is 84.4 Å². The number of fused-ring (bicyclic) bond motifs is 1. The van der Waals surface area contributed by atoms with Gasteiger partial charge in [0.25, 0.3) is 0 Å². The van der Waals surface area contributed by atoms with Crippen LogP contribution in [0.5, 0.6) is 0 Å². The van der Waals surface area contributed by atoms with Gasteiger partial charge in [0.2, 0.25) is 0 Å². The zero-order chi connectivity index (χ0) is 9.38. The van der Waals surface area contributed by atoms with Crippen LogP contribution in [-0.2, 0) is 4.84 Å². The van der Waals surface area contributed by atoms with E-state index in [1.807, 2.05) is 0 Å². The summed E-state index contributed by atoms with van der Waals surface area (Å²) in [5, 5.41) is 2.18. The third-order valence-corrected chi connectivity index (χ3v) is 3.36. The zero-order valence-corrected chi connectivity index (χ0v) is 8.23. The molecular formula is C12H15NO. The first kappa shape index (κ1) is 8.45. The fraction of sp³-hybridized carbons (Fsp3) is 0.500. The lowest BCUT2D eigenvalue weighted by atomic mass is 9.92. The Bertz CT molecular complexity index is 311. The molecule has 0 aliphatic carbocycles. The van der Waals surface area contributed by atoms with Gasteiger partial charge < -0.3 is 0 Å². The largest absolute Gasteiger partial charge is 0.298 e. The summed E-state index contributed by atoms with van der Waals surface area (Å²) >= 11 is 0. The normalized spacial score (nSPS) is 32.0. The molecule has 2 atom stereocenters. The minimum atomic E-state index is 0.596. The molecule has 0 bridgehead atoms. The van der Waals surface area contributed by atoms with Crippen LogP contribution in [0.3, 0.4) is 0 Å². The zero-order valence-electron chi connectivity index (χ0n) is 8.23. The number of benzene rings is 1. The molecule has 0 radical (unpaired) electrons. The second-order valence-corrected chi connectivity index (χ2v) is 4.16. The predicted molar refractivity (Wildman–Crippen MR) is 54.9 cm³/mol. The molecule has 0 saturated carbocycles. The summed E-state index contributed by atoms with van der Waals surface area (Å²) in [4.78, 5) is 5.68. The summed E-state index contributed by atoms with van der Waals surface area (Å²) in [7, 11) is 0. The highest BCUT2D eigenvalue weighted by atomic mass is 16.7. The number of hydroxylamine groups is 2. The summed E-state index contributed by atoms with van der Waals surface area (Å²) in [6, 6.07) is 11.4. The van der Waals surface area contributed by atoms with E-state index in [1.54, 1.807) is 0 Å². The minimum absolute atomic E-state index is 0.596. The number of hydrogen-bond acceptors (Lipinski definition) is 2. The van der Waals surface area contributed by atoms with Crippen LogP contribution in [0.25, 0.3) is 0 Å². The van der Waals surface area contributed by atoms with Gasteiger partial charge >= 0.3 is 0 Å². The maximum atomic E-state index is 5.68. The van der Waals surface area contributed by atoms with Gasteiger partial charge in [-0.15, -0.1) is 0 Å². The van der Waals surface area contributed by atoms with Crippen LogP contribution in [-0.4, -0.2) is 24.3 Å². The Kier molecular flexibility index (Phi) is 2.03. The highest BCUT2D eigenvalue weighted by Crippen LogP contribution is 2.36. The molecule has 2 saturated heterocycles. The van der Waals surface area contributed by atoms with Crippen molar-refractivity contribution in [3.8, 4) is 0 Å². The van der Waals surface area contributed by atoms with Crippen LogP contribution in [0.15, 0.2) is 30.3 Å². The van der Waals surface area contributed by atoms with Gasteiger partial charge in [-0.2, -0.15) is 5.06 Å². The van der Waals surface area contributed by atoms with Crippen LogP contribution in [0.1, 0.15) is 24.3 Å². The molecule has 0 aromatic heterocycles. The lowest BCUT2D eigenvalue weighted by molar-refractivity contribution is -0.113. The van der Waals surface area contributed by atoms with E-state index in [0.717, 1.165) is 13.2 Å². The van der Waals surface area contributed by atoms with E-state index in [-0.39, 0.29) is 0 Å². The highest BCUT2D eigenvalue weighted by Gasteiger charge is 2.39. The van der Waals surface area contributed by atoms with E-state index < -0.39 is 0 Å². The van der Waals surface area contributed by atoms with Gasteiger partial charge in [-0.25, -0.2) is 0 Å². The van der Waals surface area contributed by atoms with Gasteiger partial charge in [-0.05, 0) is 18.4 Å². The molecule has 2 heterocycles. The van der Waals surface area contributed by atoms with Crippen molar-refractivity contribution in [3.63, 3.8) is 0 Å². The SMILES string of the molecule is c1ccc([C@@H]2CON3CCC[C@@H]23)cc1. The molecule has 2 aliphatic rings. The molecule has 2 aliphatic heterocycles. The van der Waals surface area contributed by atoms with Gasteiger partial charge in [0.05, 0.1) is 6.61 Å². The first-order valence-electron chi connectivity index (χ1n) is 5.39. The number of hydrogen-bond donors (Lipinski definition) is 0. The molecule has 3 rings (SSSR count). The van der Waals surface area contributed by atoms with Crippen molar-refractivity contribution in [2.75, 3.05) is 13.2 Å². The van der Waals surface area contributed by atoms with Crippen LogP contribution in [0, 0.1) is 0 Å². The molecule has 1 aromatic carbocycles. The van der Waals surface area contributed by atoms with Gasteiger partial charge in [-0.1, -0.05) is 30.3 Å². The molecule has 0 N–H and O–H groups in total. The topological polar surface area (TPSA) is 12.5 Å². The highest BCUT2D eigenvalue weighted by molar-refractivity contribution is 5.22. The van der Waals surface area contributed by atoms with E-state index in [4.69, 9.17) is 4.84 Å². The van der Waals surface area contributed by atoms with Gasteiger partial charge in [-0.3, -0.25) is 4.84 Å². The molecule has 0 spiro atoms. The predicted octanol–water partition coefficient (Wildman–Crippen LogP) is 2.18. The number of rotatable bonds is 1. The third-order valence-electron chi connectivity index (χ3n) is 3.36. The van der Waals surface area contributed by atoms with Crippen LogP contribution < -0.4 is 0 Å². The maximum Gasteiger partial charge on any atom is 0.0769 e. The van der Waals surface area contributed by atoms with Crippen molar-refractivity contribution in [2.45, 2.75) is 24.8 Å². The molecule has 2 fully saturated rings. The van der Waals surface area contributed by atoms with E-state index in [2.05, 4.69) is 35.4 Å². The molecule has 0 amide bonds. The minimum Gasteiger partial charge on any atom is -0.298 e. The second kappa shape index (κ2) is 3.37. The lowest BCUT2D eigenvalue weighted by Crippen LogP contribution is -2.24. The summed E-state index contributed by atoms with van der Waals surface area (Å²) in [5.41, 5.74) is 1.43. The molecule has 2 nitrogen and oxygen atoms in total. The maximum absolute atomic E-state index is 5.68. The quantitative estimate of drug-likeness (QED) is 0.671. The van der Waals surface area contributed by atoms with Crippen molar-refractivity contribution >= 4 is 0 Å². The molecule has 1 aromatic rings. The fourth-order valence-corrected chi connectivity index (χ4v) is 2.63. The lowest BCUT2D eigenvalue weighted by Gasteiger charge is -2.17. The second-order valence-electron chi connectivity index (χ2n) is 4.16. The molecular weight excluding hydrogens is 174 g/mol. The first-order chi connectivity index (χ1) is 6.95. The van der Waals surface area contributed by atoms with E-state index in [0.29, 0.717) is 12.0 Å². The third kappa shape index (κ3) is 1.26. The van der Waals surface area contributed by atoms with Crippen molar-refractivity contribution in [1.82, 2.24) is 5.06 Å². The van der Waals surface area contributed by atoms with Crippen LogP contribution in [0.2, 0.25) is 0 Å². The molecule has 2 heteroatoms. The van der Waals surface area contributed by atoms with Crippen molar-refractivity contribution in [3.05, 3.63) is 35.9 Å². The summed E-state index contributed by atoms with van der Waals surface area (Å²) in [6.45, 7) is 1.99. The van der Waals surface area contributed by atoms with Crippen molar-refractivity contribution in [2.24, 2.45) is 0 Å². The standard InChI is InChI=1S/C12H15NO/c1-2-5-10(6-3-1)11-9-14-13-8-4-7-12(11)13/h1-3,5-6,11-12H,4,7-9H2/t11-,12-/m0/s1. The van der Waals surface area contributed by atoms with Crippen molar-refractivity contribution in [1.29, 1.82) is 0 Å². The molecule has 14 heavy (non-hydrogen) atoms. The summed E-state index contributed by atoms with van der Waals surface area (Å²) < 4.78 is 0. The average Bonchev–Trinajstić information content (AvgIpc) is 2.79. The Hall–Kier alpha value is -0.860. The monoisotopic (exact) mass is 189 g/mol. The van der Waals surface area contributed by atoms with Gasteiger partial charge in [0.1, 0.15) is 0 Å².